The third kappa shape index (κ3) is 5.64. The minimum absolute atomic E-state index is 0.0343. The van der Waals surface area contributed by atoms with E-state index < -0.39 is 17.1 Å². The van der Waals surface area contributed by atoms with Crippen LogP contribution in [0.3, 0.4) is 0 Å². The second-order valence-corrected chi connectivity index (χ2v) is 8.07. The van der Waals surface area contributed by atoms with Crippen LogP contribution in [0, 0.1) is 0 Å². The van der Waals surface area contributed by atoms with Gasteiger partial charge in [-0.15, -0.1) is 11.8 Å². The molecule has 25 heavy (non-hydrogen) atoms. The molecule has 0 bridgehead atoms. The van der Waals surface area contributed by atoms with E-state index in [0.717, 1.165) is 5.56 Å². The number of ether oxygens (including phenoxy) is 1. The molecule has 1 saturated heterocycles. The highest BCUT2D eigenvalue weighted by atomic mass is 32.2. The van der Waals surface area contributed by atoms with Gasteiger partial charge in [0.25, 0.3) is 5.91 Å². The van der Waals surface area contributed by atoms with E-state index in [1.54, 1.807) is 20.8 Å². The minimum atomic E-state index is -0.611. The molecule has 2 rings (SSSR count). The fraction of sp³-hybridized carbons (Fsp3) is 0.556. The zero-order valence-electron chi connectivity index (χ0n) is 14.9. The molecule has 7 heteroatoms. The first-order chi connectivity index (χ1) is 11.8. The summed E-state index contributed by atoms with van der Waals surface area (Å²) in [6.45, 7) is 5.85. The Hall–Kier alpha value is -1.73. The number of benzene rings is 1. The minimum Gasteiger partial charge on any atom is -0.444 e. The van der Waals surface area contributed by atoms with Crippen LogP contribution < -0.4 is 5.32 Å². The van der Waals surface area contributed by atoms with Crippen molar-refractivity contribution in [1.82, 2.24) is 10.2 Å². The highest BCUT2D eigenvalue weighted by Crippen LogP contribution is 2.27. The number of aliphatic hydroxyl groups excluding tert-OH is 1. The molecule has 138 valence electrons. The van der Waals surface area contributed by atoms with Crippen LogP contribution >= 0.6 is 11.8 Å². The van der Waals surface area contributed by atoms with Gasteiger partial charge in [0.05, 0.1) is 6.04 Å². The van der Waals surface area contributed by atoms with Crippen molar-refractivity contribution >= 4 is 23.8 Å². The molecule has 1 aliphatic rings. The van der Waals surface area contributed by atoms with Crippen molar-refractivity contribution in [3.8, 4) is 0 Å². The normalized spacial score (nSPS) is 18.7. The predicted octanol–water partition coefficient (Wildman–Crippen LogP) is 2.54. The van der Waals surface area contributed by atoms with E-state index in [1.165, 1.54) is 16.7 Å². The van der Waals surface area contributed by atoms with Crippen molar-refractivity contribution in [2.24, 2.45) is 0 Å². The Morgan fingerprint density at radius 1 is 1.36 bits per heavy atom. The first-order valence-corrected chi connectivity index (χ1v) is 9.44. The number of hydrogen-bond acceptors (Lipinski definition) is 5. The predicted molar refractivity (Wildman–Crippen MR) is 98.2 cm³/mol. The summed E-state index contributed by atoms with van der Waals surface area (Å²) in [7, 11) is 0. The SMILES string of the molecule is CC(C)(C)OC(=O)N1CCSC1C(=O)NC(CCO)c1ccccc1. The number of carbonyl (C=O) groups is 2. The largest absolute Gasteiger partial charge is 0.444 e. The summed E-state index contributed by atoms with van der Waals surface area (Å²) in [5.41, 5.74) is 0.325. The molecule has 6 nitrogen and oxygen atoms in total. The summed E-state index contributed by atoms with van der Waals surface area (Å²) < 4.78 is 5.39. The smallest absolute Gasteiger partial charge is 0.411 e. The van der Waals surface area contributed by atoms with Crippen molar-refractivity contribution < 1.29 is 19.4 Å². The van der Waals surface area contributed by atoms with E-state index in [4.69, 9.17) is 4.74 Å². The van der Waals surface area contributed by atoms with E-state index in [2.05, 4.69) is 5.32 Å². The number of nitrogens with one attached hydrogen (secondary N) is 1. The van der Waals surface area contributed by atoms with Gasteiger partial charge >= 0.3 is 6.09 Å². The molecule has 2 N–H and O–H groups in total. The summed E-state index contributed by atoms with van der Waals surface area (Å²) in [4.78, 5) is 26.5. The molecule has 1 aliphatic heterocycles. The van der Waals surface area contributed by atoms with Crippen molar-refractivity contribution in [3.63, 3.8) is 0 Å². The Balaban J connectivity index is 2.05. The molecule has 2 unspecified atom stereocenters. The van der Waals surface area contributed by atoms with Gasteiger partial charge < -0.3 is 15.2 Å². The van der Waals surface area contributed by atoms with Gasteiger partial charge in [-0.05, 0) is 32.8 Å². The Bertz CT molecular complexity index is 588. The van der Waals surface area contributed by atoms with Gasteiger partial charge in [-0.3, -0.25) is 9.69 Å². The molecule has 1 aromatic carbocycles. The van der Waals surface area contributed by atoms with E-state index in [-0.39, 0.29) is 18.6 Å². The summed E-state index contributed by atoms with van der Waals surface area (Å²) in [6.07, 6.45) is -0.0596. The van der Waals surface area contributed by atoms with Crippen molar-refractivity contribution in [2.75, 3.05) is 18.9 Å². The topological polar surface area (TPSA) is 78.9 Å². The number of aliphatic hydroxyl groups is 1. The molecule has 1 aromatic rings. The van der Waals surface area contributed by atoms with Crippen LogP contribution in [-0.4, -0.2) is 51.9 Å². The highest BCUT2D eigenvalue weighted by molar-refractivity contribution is 8.00. The van der Waals surface area contributed by atoms with Gasteiger partial charge in [-0.2, -0.15) is 0 Å². The van der Waals surface area contributed by atoms with Crippen molar-refractivity contribution in [1.29, 1.82) is 0 Å². The van der Waals surface area contributed by atoms with Gasteiger partial charge in [-0.1, -0.05) is 30.3 Å². The summed E-state index contributed by atoms with van der Waals surface area (Å²) >= 11 is 1.42. The molecule has 1 fully saturated rings. The molecule has 0 aromatic heterocycles. The maximum absolute atomic E-state index is 12.7. The molecule has 2 atom stereocenters. The fourth-order valence-corrected chi connectivity index (χ4v) is 3.69. The van der Waals surface area contributed by atoms with Crippen LogP contribution in [0.4, 0.5) is 4.79 Å². The molecule has 0 radical (unpaired) electrons. The molecule has 2 amide bonds. The standard InChI is InChI=1S/C18H26N2O4S/c1-18(2,3)24-17(23)20-10-12-25-16(20)15(22)19-14(9-11-21)13-7-5-4-6-8-13/h4-8,14,16,21H,9-12H2,1-3H3,(H,19,22). The fourth-order valence-electron chi connectivity index (χ4n) is 2.57. The quantitative estimate of drug-likeness (QED) is 0.837. The monoisotopic (exact) mass is 366 g/mol. The lowest BCUT2D eigenvalue weighted by Crippen LogP contribution is -2.47. The maximum Gasteiger partial charge on any atom is 0.411 e. The van der Waals surface area contributed by atoms with Gasteiger partial charge in [0, 0.05) is 18.9 Å². The van der Waals surface area contributed by atoms with Gasteiger partial charge in [0.1, 0.15) is 5.60 Å². The lowest BCUT2D eigenvalue weighted by Gasteiger charge is -2.28. The van der Waals surface area contributed by atoms with Crippen LogP contribution in [0.2, 0.25) is 0 Å². The first-order valence-electron chi connectivity index (χ1n) is 8.39. The number of carbonyl (C=O) groups excluding carboxylic acids is 2. The van der Waals surface area contributed by atoms with Crippen LogP contribution in [-0.2, 0) is 9.53 Å². The Labute approximate surface area is 152 Å². The van der Waals surface area contributed by atoms with Crippen LogP contribution in [0.5, 0.6) is 0 Å². The third-order valence-electron chi connectivity index (χ3n) is 3.68. The lowest BCUT2D eigenvalue weighted by molar-refractivity contribution is -0.124. The summed E-state index contributed by atoms with van der Waals surface area (Å²) in [5.74, 6) is 0.448. The average Bonchev–Trinajstić information content (AvgIpc) is 3.03. The second-order valence-electron chi connectivity index (χ2n) is 6.88. The summed E-state index contributed by atoms with van der Waals surface area (Å²) in [6, 6.07) is 9.22. The van der Waals surface area contributed by atoms with Crippen molar-refractivity contribution in [2.45, 2.75) is 44.2 Å². The number of amides is 2. The van der Waals surface area contributed by atoms with Gasteiger partial charge in [0.15, 0.2) is 5.37 Å². The Kier molecular flexibility index (Phi) is 6.72. The molecule has 1 heterocycles. The van der Waals surface area contributed by atoms with Crippen LogP contribution in [0.25, 0.3) is 0 Å². The first kappa shape index (κ1) is 19.6. The number of hydrogen-bond donors (Lipinski definition) is 2. The molecular formula is C18H26N2O4S. The molecule has 0 aliphatic carbocycles. The van der Waals surface area contributed by atoms with Crippen molar-refractivity contribution in [3.05, 3.63) is 35.9 Å². The van der Waals surface area contributed by atoms with E-state index in [9.17, 15) is 14.7 Å². The zero-order chi connectivity index (χ0) is 18.4. The van der Waals surface area contributed by atoms with E-state index in [0.29, 0.717) is 18.7 Å². The van der Waals surface area contributed by atoms with Gasteiger partial charge in [0.2, 0.25) is 0 Å². The van der Waals surface area contributed by atoms with Crippen LogP contribution in [0.1, 0.15) is 38.8 Å². The summed E-state index contributed by atoms with van der Waals surface area (Å²) in [5, 5.41) is 11.6. The van der Waals surface area contributed by atoms with Gasteiger partial charge in [-0.25, -0.2) is 4.79 Å². The second kappa shape index (κ2) is 8.58. The van der Waals surface area contributed by atoms with E-state index in [1.807, 2.05) is 30.3 Å². The highest BCUT2D eigenvalue weighted by Gasteiger charge is 2.38. The van der Waals surface area contributed by atoms with E-state index >= 15 is 0 Å². The number of rotatable bonds is 5. The zero-order valence-corrected chi connectivity index (χ0v) is 15.7. The number of nitrogens with zero attached hydrogens (tertiary/aromatic N) is 1. The van der Waals surface area contributed by atoms with Crippen LogP contribution in [0.15, 0.2) is 30.3 Å². The molecule has 0 spiro atoms. The Morgan fingerprint density at radius 3 is 2.64 bits per heavy atom. The average molecular weight is 366 g/mol. The number of thioether (sulfide) groups is 1. The lowest BCUT2D eigenvalue weighted by atomic mass is 10.0. The Morgan fingerprint density at radius 2 is 2.04 bits per heavy atom. The molecular weight excluding hydrogens is 340 g/mol. The molecule has 0 saturated carbocycles. The third-order valence-corrected chi connectivity index (χ3v) is 4.88. The maximum atomic E-state index is 12.7.